The predicted octanol–water partition coefficient (Wildman–Crippen LogP) is 3.47. The van der Waals surface area contributed by atoms with Crippen LogP contribution in [0.5, 0.6) is 0 Å². The molecule has 2 nitrogen and oxygen atoms in total. The molecule has 0 aliphatic heterocycles. The van der Waals surface area contributed by atoms with Crippen molar-refractivity contribution < 1.29 is 4.39 Å². The molecule has 0 aliphatic carbocycles. The first kappa shape index (κ1) is 16.4. The average molecular weight is 287 g/mol. The Morgan fingerprint density at radius 3 is 2.42 bits per heavy atom. The number of hydrogen-bond donors (Lipinski definition) is 1. The Hall–Kier alpha value is -0.640. The summed E-state index contributed by atoms with van der Waals surface area (Å²) in [5.74, 6) is -0.352. The van der Waals surface area contributed by atoms with E-state index in [9.17, 15) is 4.39 Å². The molecule has 0 aromatic heterocycles. The third-order valence-corrected chi connectivity index (χ3v) is 4.25. The van der Waals surface area contributed by atoms with Crippen LogP contribution in [-0.2, 0) is 6.42 Å². The summed E-state index contributed by atoms with van der Waals surface area (Å²) in [6.45, 7) is 10.3. The van der Waals surface area contributed by atoms with Crippen LogP contribution in [0.15, 0.2) is 18.2 Å². The standard InChI is InChI=1S/C15H24ClFN2/c1-5-19(6-2)15(3,4)13(18)10-11-8-7-9-12(16)14(11)17/h7-9,13H,5-6,10,18H2,1-4H3. The first-order valence-electron chi connectivity index (χ1n) is 6.78. The Bertz CT molecular complexity index is 417. The normalized spacial score (nSPS) is 13.9. The molecule has 0 radical (unpaired) electrons. The summed E-state index contributed by atoms with van der Waals surface area (Å²) in [4.78, 5) is 2.29. The van der Waals surface area contributed by atoms with E-state index in [0.29, 0.717) is 12.0 Å². The molecule has 19 heavy (non-hydrogen) atoms. The van der Waals surface area contributed by atoms with E-state index < -0.39 is 0 Å². The Morgan fingerprint density at radius 1 is 1.32 bits per heavy atom. The number of halogens is 2. The van der Waals surface area contributed by atoms with Crippen LogP contribution in [0.25, 0.3) is 0 Å². The largest absolute Gasteiger partial charge is 0.326 e. The average Bonchev–Trinajstić information content (AvgIpc) is 2.36. The van der Waals surface area contributed by atoms with Gasteiger partial charge in [0.25, 0.3) is 0 Å². The molecule has 1 aromatic rings. The molecular formula is C15H24ClFN2. The molecule has 1 atom stereocenters. The predicted molar refractivity (Wildman–Crippen MR) is 80.1 cm³/mol. The van der Waals surface area contributed by atoms with E-state index in [4.69, 9.17) is 17.3 Å². The number of rotatable bonds is 6. The van der Waals surface area contributed by atoms with Gasteiger partial charge in [-0.3, -0.25) is 4.90 Å². The minimum Gasteiger partial charge on any atom is -0.326 e. The van der Waals surface area contributed by atoms with Crippen LogP contribution in [0.4, 0.5) is 4.39 Å². The fourth-order valence-corrected chi connectivity index (χ4v) is 2.66. The summed E-state index contributed by atoms with van der Waals surface area (Å²) < 4.78 is 13.9. The highest BCUT2D eigenvalue weighted by molar-refractivity contribution is 6.30. The van der Waals surface area contributed by atoms with Gasteiger partial charge in [-0.2, -0.15) is 0 Å². The number of benzene rings is 1. The van der Waals surface area contributed by atoms with E-state index in [1.165, 1.54) is 0 Å². The van der Waals surface area contributed by atoms with E-state index in [2.05, 4.69) is 32.6 Å². The Labute approximate surface area is 120 Å². The maximum absolute atomic E-state index is 13.9. The van der Waals surface area contributed by atoms with Gasteiger partial charge < -0.3 is 5.73 Å². The van der Waals surface area contributed by atoms with Crippen LogP contribution in [0.3, 0.4) is 0 Å². The monoisotopic (exact) mass is 286 g/mol. The minimum atomic E-state index is -0.352. The van der Waals surface area contributed by atoms with Gasteiger partial charge in [-0.1, -0.05) is 37.6 Å². The van der Waals surface area contributed by atoms with Crippen molar-refractivity contribution in [2.24, 2.45) is 5.73 Å². The smallest absolute Gasteiger partial charge is 0.145 e. The molecule has 1 rings (SSSR count). The molecule has 0 spiro atoms. The lowest BCUT2D eigenvalue weighted by Gasteiger charge is -2.42. The molecule has 1 unspecified atom stereocenters. The van der Waals surface area contributed by atoms with Crippen LogP contribution in [-0.4, -0.2) is 29.6 Å². The van der Waals surface area contributed by atoms with Gasteiger partial charge in [-0.15, -0.1) is 0 Å². The topological polar surface area (TPSA) is 29.3 Å². The fourth-order valence-electron chi connectivity index (χ4n) is 2.47. The van der Waals surface area contributed by atoms with Crippen molar-refractivity contribution in [2.45, 2.75) is 45.7 Å². The molecule has 0 amide bonds. The maximum atomic E-state index is 13.9. The molecule has 4 heteroatoms. The van der Waals surface area contributed by atoms with Gasteiger partial charge in [0, 0.05) is 11.6 Å². The van der Waals surface area contributed by atoms with Crippen LogP contribution in [0.1, 0.15) is 33.3 Å². The lowest BCUT2D eigenvalue weighted by molar-refractivity contribution is 0.106. The van der Waals surface area contributed by atoms with E-state index >= 15 is 0 Å². The maximum Gasteiger partial charge on any atom is 0.145 e. The van der Waals surface area contributed by atoms with Crippen LogP contribution in [0, 0.1) is 5.82 Å². The van der Waals surface area contributed by atoms with Gasteiger partial charge in [0.2, 0.25) is 0 Å². The van der Waals surface area contributed by atoms with Crippen LogP contribution in [0.2, 0.25) is 5.02 Å². The van der Waals surface area contributed by atoms with E-state index in [0.717, 1.165) is 13.1 Å². The van der Waals surface area contributed by atoms with E-state index in [1.807, 2.05) is 0 Å². The summed E-state index contributed by atoms with van der Waals surface area (Å²) in [7, 11) is 0. The van der Waals surface area contributed by atoms with Gasteiger partial charge in [-0.05, 0) is 45.0 Å². The quantitative estimate of drug-likeness (QED) is 0.868. The molecule has 0 bridgehead atoms. The van der Waals surface area contributed by atoms with E-state index in [-0.39, 0.29) is 22.4 Å². The van der Waals surface area contributed by atoms with Crippen molar-refractivity contribution in [3.8, 4) is 0 Å². The van der Waals surface area contributed by atoms with Gasteiger partial charge >= 0.3 is 0 Å². The Morgan fingerprint density at radius 2 is 1.89 bits per heavy atom. The number of nitrogens with zero attached hydrogens (tertiary/aromatic N) is 1. The van der Waals surface area contributed by atoms with Crippen molar-refractivity contribution in [3.05, 3.63) is 34.6 Å². The van der Waals surface area contributed by atoms with Crippen molar-refractivity contribution in [3.63, 3.8) is 0 Å². The molecule has 1 aromatic carbocycles. The van der Waals surface area contributed by atoms with Gasteiger partial charge in [0.1, 0.15) is 5.82 Å². The Kier molecular flexibility index (Phi) is 5.78. The van der Waals surface area contributed by atoms with Crippen molar-refractivity contribution in [1.82, 2.24) is 4.90 Å². The van der Waals surface area contributed by atoms with Gasteiger partial charge in [0.15, 0.2) is 0 Å². The fraction of sp³-hybridized carbons (Fsp3) is 0.600. The molecule has 0 heterocycles. The lowest BCUT2D eigenvalue weighted by atomic mass is 9.88. The highest BCUT2D eigenvalue weighted by Crippen LogP contribution is 2.24. The third-order valence-electron chi connectivity index (χ3n) is 3.96. The molecule has 0 fully saturated rings. The molecule has 108 valence electrons. The molecule has 0 saturated carbocycles. The van der Waals surface area contributed by atoms with Gasteiger partial charge in [0.05, 0.1) is 5.02 Å². The van der Waals surface area contributed by atoms with Gasteiger partial charge in [-0.25, -0.2) is 4.39 Å². The number of nitrogens with two attached hydrogens (primary N) is 1. The summed E-state index contributed by atoms with van der Waals surface area (Å²) >= 11 is 5.80. The second kappa shape index (κ2) is 6.69. The minimum absolute atomic E-state index is 0.152. The molecule has 0 saturated heterocycles. The summed E-state index contributed by atoms with van der Waals surface area (Å²) in [5, 5.41) is 0.158. The zero-order valence-corrected chi connectivity index (χ0v) is 13.0. The zero-order chi connectivity index (χ0) is 14.6. The lowest BCUT2D eigenvalue weighted by Crippen LogP contribution is -2.56. The molecule has 2 N–H and O–H groups in total. The van der Waals surface area contributed by atoms with Crippen LogP contribution >= 0.6 is 11.6 Å². The first-order valence-corrected chi connectivity index (χ1v) is 7.15. The summed E-state index contributed by atoms with van der Waals surface area (Å²) in [6.07, 6.45) is 0.482. The third kappa shape index (κ3) is 3.68. The second-order valence-electron chi connectivity index (χ2n) is 5.35. The Balaban J connectivity index is 2.89. The zero-order valence-electron chi connectivity index (χ0n) is 12.2. The van der Waals surface area contributed by atoms with Crippen molar-refractivity contribution in [2.75, 3.05) is 13.1 Å². The van der Waals surface area contributed by atoms with Crippen molar-refractivity contribution in [1.29, 1.82) is 0 Å². The molecule has 0 aliphatic rings. The first-order chi connectivity index (χ1) is 8.84. The van der Waals surface area contributed by atoms with Crippen LogP contribution < -0.4 is 5.73 Å². The number of hydrogen-bond acceptors (Lipinski definition) is 2. The molecular weight excluding hydrogens is 263 g/mol. The van der Waals surface area contributed by atoms with E-state index in [1.54, 1.807) is 18.2 Å². The summed E-state index contributed by atoms with van der Waals surface area (Å²) in [6, 6.07) is 4.92. The highest BCUT2D eigenvalue weighted by Gasteiger charge is 2.32. The SMILES string of the molecule is CCN(CC)C(C)(C)C(N)Cc1cccc(Cl)c1F. The highest BCUT2D eigenvalue weighted by atomic mass is 35.5. The summed E-state index contributed by atoms with van der Waals surface area (Å²) in [5.41, 5.74) is 6.70. The second-order valence-corrected chi connectivity index (χ2v) is 5.76. The number of likely N-dealkylation sites (N-methyl/N-ethyl adjacent to an activating group) is 1. The van der Waals surface area contributed by atoms with Crippen molar-refractivity contribution >= 4 is 11.6 Å².